The number of alkyl halides is 3. The van der Waals surface area contributed by atoms with Gasteiger partial charge < -0.3 is 5.32 Å². The van der Waals surface area contributed by atoms with Crippen molar-refractivity contribution < 1.29 is 13.2 Å². The molecule has 1 aromatic heterocycles. The number of hydrogen-bond acceptors (Lipinski definition) is 3. The number of aromatic nitrogens is 1. The van der Waals surface area contributed by atoms with Gasteiger partial charge in [-0.2, -0.15) is 13.2 Å². The molecule has 1 aromatic carbocycles. The van der Waals surface area contributed by atoms with Gasteiger partial charge in [0.15, 0.2) is 5.69 Å². The van der Waals surface area contributed by atoms with Crippen LogP contribution in [-0.4, -0.2) is 12.0 Å². The lowest BCUT2D eigenvalue weighted by Crippen LogP contribution is -2.12. The number of nitrogens with one attached hydrogen (secondary N) is 1. The normalized spacial score (nSPS) is 11.8. The molecule has 102 valence electrons. The third-order valence-electron chi connectivity index (χ3n) is 2.55. The molecule has 0 atom stereocenters. The fourth-order valence-electron chi connectivity index (χ4n) is 1.75. The largest absolute Gasteiger partial charge is 0.434 e. The first-order valence-electron chi connectivity index (χ1n) is 5.75. The van der Waals surface area contributed by atoms with Crippen LogP contribution in [0.2, 0.25) is 0 Å². The molecule has 0 bridgehead atoms. The van der Waals surface area contributed by atoms with Crippen LogP contribution in [0.15, 0.2) is 30.3 Å². The molecule has 0 radical (unpaired) electrons. The van der Waals surface area contributed by atoms with Gasteiger partial charge in [-0.05, 0) is 12.6 Å². The predicted octanol–water partition coefficient (Wildman–Crippen LogP) is 3.47. The van der Waals surface area contributed by atoms with E-state index in [0.717, 1.165) is 16.9 Å². The smallest absolute Gasteiger partial charge is 0.315 e. The Balaban J connectivity index is 2.27. The molecular weight excluding hydrogens is 273 g/mol. The summed E-state index contributed by atoms with van der Waals surface area (Å²) >= 11 is 1.11. The van der Waals surface area contributed by atoms with E-state index < -0.39 is 11.9 Å². The van der Waals surface area contributed by atoms with E-state index >= 15 is 0 Å². The highest BCUT2D eigenvalue weighted by Crippen LogP contribution is 2.34. The Bertz CT molecular complexity index is 535. The minimum atomic E-state index is -4.39. The van der Waals surface area contributed by atoms with Crippen LogP contribution < -0.4 is 5.32 Å². The van der Waals surface area contributed by atoms with Gasteiger partial charge in [-0.3, -0.25) is 0 Å². The van der Waals surface area contributed by atoms with E-state index in [2.05, 4.69) is 10.3 Å². The number of thiazole rings is 1. The molecule has 0 aliphatic carbocycles. The molecule has 2 aromatic rings. The second-order valence-electron chi connectivity index (χ2n) is 4.07. The van der Waals surface area contributed by atoms with Crippen LogP contribution in [0.3, 0.4) is 0 Å². The van der Waals surface area contributed by atoms with Crippen molar-refractivity contribution >= 4 is 11.3 Å². The van der Waals surface area contributed by atoms with Crippen LogP contribution in [0, 0.1) is 0 Å². The molecule has 0 amide bonds. The fourth-order valence-corrected chi connectivity index (χ4v) is 2.88. The van der Waals surface area contributed by atoms with Crippen LogP contribution >= 0.6 is 11.3 Å². The van der Waals surface area contributed by atoms with Crippen LogP contribution in [0.25, 0.3) is 0 Å². The molecule has 6 heteroatoms. The van der Waals surface area contributed by atoms with Gasteiger partial charge in [0, 0.05) is 13.0 Å². The summed E-state index contributed by atoms with van der Waals surface area (Å²) in [7, 11) is 1.62. The molecule has 0 spiro atoms. The summed E-state index contributed by atoms with van der Waals surface area (Å²) in [5.74, 6) is 0. The molecule has 1 N–H and O–H groups in total. The van der Waals surface area contributed by atoms with Gasteiger partial charge in [-0.15, -0.1) is 11.3 Å². The molecule has 2 nitrogen and oxygen atoms in total. The quantitative estimate of drug-likeness (QED) is 0.931. The highest BCUT2D eigenvalue weighted by atomic mass is 32.1. The first-order valence-corrected chi connectivity index (χ1v) is 6.56. The second-order valence-corrected chi connectivity index (χ2v) is 5.24. The van der Waals surface area contributed by atoms with Crippen molar-refractivity contribution in [2.24, 2.45) is 0 Å². The lowest BCUT2D eigenvalue weighted by Gasteiger charge is -2.04. The summed E-state index contributed by atoms with van der Waals surface area (Å²) in [5, 5.41) is 3.23. The SMILES string of the molecule is CNCc1sc(Cc2ccccc2)nc1C(F)(F)F. The number of halogens is 3. The van der Waals surface area contributed by atoms with Gasteiger partial charge in [0.1, 0.15) is 0 Å². The highest BCUT2D eigenvalue weighted by molar-refractivity contribution is 7.11. The van der Waals surface area contributed by atoms with Gasteiger partial charge >= 0.3 is 6.18 Å². The predicted molar refractivity (Wildman–Crippen MR) is 69.1 cm³/mol. The number of rotatable bonds is 4. The van der Waals surface area contributed by atoms with Crippen molar-refractivity contribution in [2.75, 3.05) is 7.05 Å². The zero-order valence-corrected chi connectivity index (χ0v) is 11.1. The van der Waals surface area contributed by atoms with Crippen molar-refractivity contribution in [1.82, 2.24) is 10.3 Å². The van der Waals surface area contributed by atoms with Crippen LogP contribution in [-0.2, 0) is 19.1 Å². The monoisotopic (exact) mass is 286 g/mol. The Morgan fingerprint density at radius 2 is 1.89 bits per heavy atom. The molecule has 0 saturated carbocycles. The lowest BCUT2D eigenvalue weighted by atomic mass is 10.2. The first-order chi connectivity index (χ1) is 9.00. The minimum absolute atomic E-state index is 0.182. The fraction of sp³-hybridized carbons (Fsp3) is 0.308. The lowest BCUT2D eigenvalue weighted by molar-refractivity contribution is -0.141. The summed E-state index contributed by atoms with van der Waals surface area (Å²) in [6.07, 6.45) is -3.96. The molecule has 0 fully saturated rings. The Kier molecular flexibility index (Phi) is 4.21. The maximum Gasteiger partial charge on any atom is 0.434 e. The Labute approximate surface area is 113 Å². The van der Waals surface area contributed by atoms with Gasteiger partial charge in [0.25, 0.3) is 0 Å². The van der Waals surface area contributed by atoms with Crippen molar-refractivity contribution in [3.63, 3.8) is 0 Å². The average molecular weight is 286 g/mol. The first kappa shape index (κ1) is 14.0. The third-order valence-corrected chi connectivity index (χ3v) is 3.60. The van der Waals surface area contributed by atoms with Crippen LogP contribution in [0.5, 0.6) is 0 Å². The van der Waals surface area contributed by atoms with E-state index in [-0.39, 0.29) is 11.4 Å². The molecule has 0 saturated heterocycles. The Morgan fingerprint density at radius 3 is 2.47 bits per heavy atom. The Hall–Kier alpha value is -1.40. The maximum absolute atomic E-state index is 12.8. The van der Waals surface area contributed by atoms with Gasteiger partial charge in [0.05, 0.1) is 9.88 Å². The minimum Gasteiger partial charge on any atom is -0.315 e. The summed E-state index contributed by atoms with van der Waals surface area (Å²) in [6, 6.07) is 9.36. The number of hydrogen-bond donors (Lipinski definition) is 1. The van der Waals surface area contributed by atoms with Crippen LogP contribution in [0.4, 0.5) is 13.2 Å². The van der Waals surface area contributed by atoms with Crippen LogP contribution in [0.1, 0.15) is 21.1 Å². The van der Waals surface area contributed by atoms with Crippen molar-refractivity contribution in [3.8, 4) is 0 Å². The summed E-state index contributed by atoms with van der Waals surface area (Å²) < 4.78 is 38.5. The molecule has 0 unspecified atom stereocenters. The van der Waals surface area contributed by atoms with Crippen molar-refractivity contribution in [3.05, 3.63) is 51.5 Å². The molecule has 19 heavy (non-hydrogen) atoms. The van der Waals surface area contributed by atoms with E-state index in [9.17, 15) is 13.2 Å². The summed E-state index contributed by atoms with van der Waals surface area (Å²) in [6.45, 7) is 0.182. The second kappa shape index (κ2) is 5.71. The van der Waals surface area contributed by atoms with E-state index in [0.29, 0.717) is 11.4 Å². The third kappa shape index (κ3) is 3.54. The van der Waals surface area contributed by atoms with E-state index in [4.69, 9.17) is 0 Å². The highest BCUT2D eigenvalue weighted by Gasteiger charge is 2.37. The van der Waals surface area contributed by atoms with Gasteiger partial charge in [-0.25, -0.2) is 4.98 Å². The zero-order valence-electron chi connectivity index (χ0n) is 10.3. The number of nitrogens with zero attached hydrogens (tertiary/aromatic N) is 1. The van der Waals surface area contributed by atoms with Gasteiger partial charge in [0.2, 0.25) is 0 Å². The average Bonchev–Trinajstić information content (AvgIpc) is 2.74. The Morgan fingerprint density at radius 1 is 1.21 bits per heavy atom. The molecule has 1 heterocycles. The van der Waals surface area contributed by atoms with E-state index in [1.54, 1.807) is 7.05 Å². The van der Waals surface area contributed by atoms with E-state index in [1.807, 2.05) is 30.3 Å². The van der Waals surface area contributed by atoms with Crippen molar-refractivity contribution in [2.45, 2.75) is 19.1 Å². The maximum atomic E-state index is 12.8. The molecule has 0 aliphatic rings. The molecule has 2 rings (SSSR count). The number of benzene rings is 1. The zero-order chi connectivity index (χ0) is 13.9. The molecule has 0 aliphatic heterocycles. The van der Waals surface area contributed by atoms with Gasteiger partial charge in [-0.1, -0.05) is 30.3 Å². The topological polar surface area (TPSA) is 24.9 Å². The summed E-state index contributed by atoms with van der Waals surface area (Å²) in [4.78, 5) is 3.99. The van der Waals surface area contributed by atoms with Crippen molar-refractivity contribution in [1.29, 1.82) is 0 Å². The standard InChI is InChI=1S/C13H13F3N2S/c1-17-8-10-12(13(14,15)16)18-11(19-10)7-9-5-3-2-4-6-9/h2-6,17H,7-8H2,1H3. The molecular formula is C13H13F3N2S. The van der Waals surface area contributed by atoms with E-state index in [1.165, 1.54) is 0 Å². The summed E-state index contributed by atoms with van der Waals surface area (Å²) in [5.41, 5.74) is 0.193.